The average molecular weight is 217 g/mol. The molecule has 0 unspecified atom stereocenters. The maximum absolute atomic E-state index is 12.9. The first-order valence-corrected chi connectivity index (χ1v) is 4.73. The minimum absolute atomic E-state index is 0.335. The fourth-order valence-corrected chi connectivity index (χ4v) is 1.21. The summed E-state index contributed by atoms with van der Waals surface area (Å²) >= 11 is 5.69. The molecule has 3 N–H and O–H groups in total. The first-order valence-electron chi connectivity index (χ1n) is 4.36. The van der Waals surface area contributed by atoms with Gasteiger partial charge in [-0.2, -0.15) is 0 Å². The van der Waals surface area contributed by atoms with Gasteiger partial charge in [-0.1, -0.05) is 11.6 Å². The van der Waals surface area contributed by atoms with Crippen molar-refractivity contribution in [2.45, 2.75) is 19.4 Å². The van der Waals surface area contributed by atoms with Crippen molar-refractivity contribution >= 4 is 17.3 Å². The zero-order valence-electron chi connectivity index (χ0n) is 8.27. The van der Waals surface area contributed by atoms with E-state index < -0.39 is 0 Å². The Morgan fingerprint density at radius 3 is 2.57 bits per heavy atom. The van der Waals surface area contributed by atoms with Crippen LogP contribution in [0.15, 0.2) is 18.2 Å². The lowest BCUT2D eigenvalue weighted by molar-refractivity contribution is 0.549. The van der Waals surface area contributed by atoms with E-state index in [1.54, 1.807) is 6.07 Å². The van der Waals surface area contributed by atoms with Crippen LogP contribution in [0.1, 0.15) is 13.8 Å². The Kier molecular flexibility index (Phi) is 3.34. The molecule has 1 rings (SSSR count). The summed E-state index contributed by atoms with van der Waals surface area (Å²) in [7, 11) is 0. The zero-order valence-corrected chi connectivity index (χ0v) is 9.03. The molecular weight excluding hydrogens is 203 g/mol. The van der Waals surface area contributed by atoms with Crippen molar-refractivity contribution in [3.63, 3.8) is 0 Å². The fraction of sp³-hybridized carbons (Fsp3) is 0.400. The SMILES string of the molecule is CC(C)(N)CNc1cc(F)cc(Cl)c1. The lowest BCUT2D eigenvalue weighted by atomic mass is 10.1. The second-order valence-electron chi connectivity index (χ2n) is 4.00. The fourth-order valence-electron chi connectivity index (χ4n) is 0.986. The first kappa shape index (κ1) is 11.3. The van der Waals surface area contributed by atoms with Crippen molar-refractivity contribution in [3.8, 4) is 0 Å². The van der Waals surface area contributed by atoms with Crippen LogP contribution in [0.5, 0.6) is 0 Å². The smallest absolute Gasteiger partial charge is 0.126 e. The van der Waals surface area contributed by atoms with Crippen molar-refractivity contribution in [2.75, 3.05) is 11.9 Å². The molecular formula is C10H14ClFN2. The topological polar surface area (TPSA) is 38.0 Å². The van der Waals surface area contributed by atoms with Crippen molar-refractivity contribution < 1.29 is 4.39 Å². The second-order valence-corrected chi connectivity index (χ2v) is 4.44. The van der Waals surface area contributed by atoms with Gasteiger partial charge in [0.25, 0.3) is 0 Å². The molecule has 0 aromatic heterocycles. The monoisotopic (exact) mass is 216 g/mol. The summed E-state index contributed by atoms with van der Waals surface area (Å²) in [5, 5.41) is 3.39. The summed E-state index contributed by atoms with van der Waals surface area (Å²) in [6, 6.07) is 4.31. The van der Waals surface area contributed by atoms with Crippen LogP contribution in [0.4, 0.5) is 10.1 Å². The molecule has 0 bridgehead atoms. The molecule has 0 spiro atoms. The molecule has 2 nitrogen and oxygen atoms in total. The highest BCUT2D eigenvalue weighted by Crippen LogP contribution is 2.18. The molecule has 1 aromatic carbocycles. The minimum atomic E-state index is -0.352. The molecule has 0 heterocycles. The van der Waals surface area contributed by atoms with E-state index >= 15 is 0 Å². The molecule has 0 amide bonds. The summed E-state index contributed by atoms with van der Waals surface area (Å²) in [5.74, 6) is -0.352. The lowest BCUT2D eigenvalue weighted by Gasteiger charge is -2.19. The summed E-state index contributed by atoms with van der Waals surface area (Å²) in [5.41, 5.74) is 6.08. The predicted octanol–water partition coefficient (Wildman–Crippen LogP) is 2.63. The second kappa shape index (κ2) is 4.15. The molecule has 0 aliphatic heterocycles. The largest absolute Gasteiger partial charge is 0.383 e. The highest BCUT2D eigenvalue weighted by molar-refractivity contribution is 6.30. The van der Waals surface area contributed by atoms with Crippen molar-refractivity contribution in [1.29, 1.82) is 0 Å². The quantitative estimate of drug-likeness (QED) is 0.815. The number of benzene rings is 1. The number of nitrogens with one attached hydrogen (secondary N) is 1. The highest BCUT2D eigenvalue weighted by Gasteiger charge is 2.10. The van der Waals surface area contributed by atoms with Gasteiger partial charge in [-0.3, -0.25) is 0 Å². The predicted molar refractivity (Wildman–Crippen MR) is 58.2 cm³/mol. The molecule has 1 aromatic rings. The van der Waals surface area contributed by atoms with Crippen LogP contribution in [0.2, 0.25) is 5.02 Å². The number of hydrogen-bond acceptors (Lipinski definition) is 2. The average Bonchev–Trinajstić information content (AvgIpc) is 1.97. The molecule has 0 atom stereocenters. The molecule has 0 fully saturated rings. The van der Waals surface area contributed by atoms with Gasteiger partial charge in [-0.05, 0) is 32.0 Å². The Hall–Kier alpha value is -0.800. The van der Waals surface area contributed by atoms with Gasteiger partial charge in [0.05, 0.1) is 0 Å². The maximum Gasteiger partial charge on any atom is 0.126 e. The summed E-state index contributed by atoms with van der Waals surface area (Å²) in [4.78, 5) is 0. The first-order chi connectivity index (χ1) is 6.37. The van der Waals surface area contributed by atoms with E-state index in [0.717, 1.165) is 0 Å². The molecule has 4 heteroatoms. The molecule has 0 aliphatic carbocycles. The maximum atomic E-state index is 12.9. The number of hydrogen-bond donors (Lipinski definition) is 2. The number of rotatable bonds is 3. The third kappa shape index (κ3) is 3.94. The van der Waals surface area contributed by atoms with Crippen LogP contribution in [-0.4, -0.2) is 12.1 Å². The van der Waals surface area contributed by atoms with E-state index in [1.807, 2.05) is 13.8 Å². The van der Waals surface area contributed by atoms with Gasteiger partial charge in [0.2, 0.25) is 0 Å². The van der Waals surface area contributed by atoms with E-state index in [1.165, 1.54) is 12.1 Å². The third-order valence-electron chi connectivity index (χ3n) is 1.61. The van der Waals surface area contributed by atoms with Gasteiger partial charge in [0.1, 0.15) is 5.82 Å². The Morgan fingerprint density at radius 2 is 2.07 bits per heavy atom. The van der Waals surface area contributed by atoms with Crippen LogP contribution in [-0.2, 0) is 0 Å². The van der Waals surface area contributed by atoms with Gasteiger partial charge in [0, 0.05) is 22.8 Å². The van der Waals surface area contributed by atoms with E-state index in [-0.39, 0.29) is 11.4 Å². The van der Waals surface area contributed by atoms with Gasteiger partial charge in [-0.25, -0.2) is 4.39 Å². The molecule has 0 aliphatic rings. The lowest BCUT2D eigenvalue weighted by Crippen LogP contribution is -2.39. The van der Waals surface area contributed by atoms with Gasteiger partial charge < -0.3 is 11.1 Å². The molecule has 14 heavy (non-hydrogen) atoms. The van der Waals surface area contributed by atoms with E-state index in [4.69, 9.17) is 17.3 Å². The number of nitrogens with two attached hydrogens (primary N) is 1. The molecule has 0 saturated carbocycles. The van der Waals surface area contributed by atoms with Crippen molar-refractivity contribution in [3.05, 3.63) is 29.0 Å². The number of halogens is 2. The van der Waals surface area contributed by atoms with Crippen molar-refractivity contribution in [2.24, 2.45) is 5.73 Å². The van der Waals surface area contributed by atoms with Gasteiger partial charge in [-0.15, -0.1) is 0 Å². The van der Waals surface area contributed by atoms with Crippen LogP contribution < -0.4 is 11.1 Å². The van der Waals surface area contributed by atoms with E-state index in [0.29, 0.717) is 17.3 Å². The highest BCUT2D eigenvalue weighted by atomic mass is 35.5. The van der Waals surface area contributed by atoms with Crippen molar-refractivity contribution in [1.82, 2.24) is 0 Å². The zero-order chi connectivity index (χ0) is 10.8. The third-order valence-corrected chi connectivity index (χ3v) is 1.83. The van der Waals surface area contributed by atoms with Crippen LogP contribution in [0.3, 0.4) is 0 Å². The van der Waals surface area contributed by atoms with Gasteiger partial charge in [0.15, 0.2) is 0 Å². The van der Waals surface area contributed by atoms with Crippen LogP contribution in [0.25, 0.3) is 0 Å². The van der Waals surface area contributed by atoms with E-state index in [2.05, 4.69) is 5.32 Å². The molecule has 0 radical (unpaired) electrons. The standard InChI is InChI=1S/C10H14ClFN2/c1-10(2,13)6-14-9-4-7(11)3-8(12)5-9/h3-5,14H,6,13H2,1-2H3. The Bertz CT molecular complexity index is 300. The Labute approximate surface area is 88.2 Å². The summed E-state index contributed by atoms with van der Waals surface area (Å²) in [6.07, 6.45) is 0. The molecule has 0 saturated heterocycles. The van der Waals surface area contributed by atoms with Gasteiger partial charge >= 0.3 is 0 Å². The Balaban J connectivity index is 2.68. The van der Waals surface area contributed by atoms with E-state index in [9.17, 15) is 4.39 Å². The van der Waals surface area contributed by atoms with Crippen LogP contribution in [0, 0.1) is 5.82 Å². The Morgan fingerprint density at radius 1 is 1.43 bits per heavy atom. The number of anilines is 1. The summed E-state index contributed by atoms with van der Waals surface area (Å²) < 4.78 is 12.9. The minimum Gasteiger partial charge on any atom is -0.383 e. The summed E-state index contributed by atoms with van der Waals surface area (Å²) in [6.45, 7) is 4.34. The van der Waals surface area contributed by atoms with Crippen LogP contribution >= 0.6 is 11.6 Å². The molecule has 78 valence electrons. The normalized spacial score (nSPS) is 11.5.